The first-order valence-corrected chi connectivity index (χ1v) is 5.48. The summed E-state index contributed by atoms with van der Waals surface area (Å²) in [6.45, 7) is -0.138. The molecular weight excluding hydrogens is 245 g/mol. The highest BCUT2D eigenvalue weighted by Crippen LogP contribution is 2.23. The van der Waals surface area contributed by atoms with E-state index in [1.807, 2.05) is 5.32 Å². The molecule has 1 atom stereocenters. The predicted octanol–water partition coefficient (Wildman–Crippen LogP) is 1.50. The van der Waals surface area contributed by atoms with E-state index in [9.17, 15) is 18.0 Å². The number of carbonyl (C=O) groups excluding carboxylic acids is 1. The Kier molecular flexibility index (Phi) is 5.15. The maximum Gasteiger partial charge on any atom is 0.408 e. The Morgan fingerprint density at radius 3 is 2.39 bits per heavy atom. The fraction of sp³-hybridized carbons (Fsp3) is 0.417. The summed E-state index contributed by atoms with van der Waals surface area (Å²) in [5, 5.41) is 4.49. The second-order valence-corrected chi connectivity index (χ2v) is 3.88. The van der Waals surface area contributed by atoms with Crippen molar-refractivity contribution >= 4 is 5.91 Å². The van der Waals surface area contributed by atoms with Gasteiger partial charge >= 0.3 is 6.18 Å². The van der Waals surface area contributed by atoms with Crippen LogP contribution in [0, 0.1) is 0 Å². The van der Waals surface area contributed by atoms with Crippen molar-refractivity contribution in [2.45, 2.75) is 18.6 Å². The van der Waals surface area contributed by atoms with Crippen LogP contribution in [0.15, 0.2) is 30.3 Å². The maximum absolute atomic E-state index is 12.8. The zero-order chi connectivity index (χ0) is 13.6. The van der Waals surface area contributed by atoms with Crippen LogP contribution in [0.1, 0.15) is 5.56 Å². The van der Waals surface area contributed by atoms with E-state index in [-0.39, 0.29) is 13.0 Å². The van der Waals surface area contributed by atoms with Crippen LogP contribution in [-0.2, 0) is 11.2 Å². The van der Waals surface area contributed by atoms with Gasteiger partial charge in [-0.1, -0.05) is 30.3 Å². The fourth-order valence-electron chi connectivity index (χ4n) is 1.50. The molecule has 0 spiro atoms. The van der Waals surface area contributed by atoms with Crippen molar-refractivity contribution in [3.05, 3.63) is 35.9 Å². The van der Waals surface area contributed by atoms with Crippen LogP contribution in [0.25, 0.3) is 0 Å². The molecule has 0 fully saturated rings. The van der Waals surface area contributed by atoms with Crippen LogP contribution in [0.5, 0.6) is 0 Å². The number of alkyl halides is 3. The summed E-state index contributed by atoms with van der Waals surface area (Å²) in [7, 11) is 1.50. The van der Waals surface area contributed by atoms with Crippen LogP contribution in [0.2, 0.25) is 0 Å². The molecule has 0 saturated heterocycles. The first-order valence-electron chi connectivity index (χ1n) is 5.48. The largest absolute Gasteiger partial charge is 0.408 e. The maximum atomic E-state index is 12.8. The van der Waals surface area contributed by atoms with Crippen LogP contribution in [-0.4, -0.2) is 31.7 Å². The number of benzene rings is 1. The van der Waals surface area contributed by atoms with Crippen molar-refractivity contribution in [3.63, 3.8) is 0 Å². The minimum atomic E-state index is -4.46. The number of halogens is 3. The minimum Gasteiger partial charge on any atom is -0.343 e. The molecule has 1 amide bonds. The van der Waals surface area contributed by atoms with Gasteiger partial charge in [-0.25, -0.2) is 0 Å². The molecule has 6 heteroatoms. The molecule has 0 aliphatic rings. The van der Waals surface area contributed by atoms with E-state index in [0.717, 1.165) is 0 Å². The molecule has 1 rings (SSSR count). The second-order valence-electron chi connectivity index (χ2n) is 3.88. The zero-order valence-corrected chi connectivity index (χ0v) is 9.92. The molecule has 18 heavy (non-hydrogen) atoms. The van der Waals surface area contributed by atoms with Crippen LogP contribution in [0.3, 0.4) is 0 Å². The number of likely N-dealkylation sites (N-methyl/N-ethyl adjacent to an activating group) is 1. The Morgan fingerprint density at radius 1 is 1.28 bits per heavy atom. The third kappa shape index (κ3) is 4.75. The summed E-state index contributed by atoms with van der Waals surface area (Å²) >= 11 is 0. The standard InChI is InChI=1S/C12H15F3N2O/c1-16-8-11(18)17-10(12(13,14)15)7-9-5-3-2-4-6-9/h2-6,10,16H,7-8H2,1H3,(H,17,18). The highest BCUT2D eigenvalue weighted by atomic mass is 19.4. The van der Waals surface area contributed by atoms with E-state index in [2.05, 4.69) is 5.32 Å². The van der Waals surface area contributed by atoms with Crippen molar-refractivity contribution < 1.29 is 18.0 Å². The highest BCUT2D eigenvalue weighted by molar-refractivity contribution is 5.78. The Morgan fingerprint density at radius 2 is 1.89 bits per heavy atom. The number of amides is 1. The Hall–Kier alpha value is -1.56. The number of rotatable bonds is 5. The molecule has 0 bridgehead atoms. The average Bonchev–Trinajstić information content (AvgIpc) is 2.28. The van der Waals surface area contributed by atoms with Crippen molar-refractivity contribution in [3.8, 4) is 0 Å². The molecule has 0 aliphatic carbocycles. The van der Waals surface area contributed by atoms with E-state index in [1.165, 1.54) is 7.05 Å². The Balaban J connectivity index is 2.71. The fourth-order valence-corrected chi connectivity index (χ4v) is 1.50. The molecule has 0 saturated carbocycles. The van der Waals surface area contributed by atoms with E-state index in [0.29, 0.717) is 5.56 Å². The van der Waals surface area contributed by atoms with E-state index < -0.39 is 18.1 Å². The lowest BCUT2D eigenvalue weighted by molar-refractivity contribution is -0.161. The van der Waals surface area contributed by atoms with Gasteiger partial charge in [0.25, 0.3) is 0 Å². The minimum absolute atomic E-state index is 0.138. The van der Waals surface area contributed by atoms with Gasteiger partial charge in [0, 0.05) is 6.42 Å². The Bertz CT molecular complexity index is 379. The lowest BCUT2D eigenvalue weighted by Crippen LogP contribution is -2.49. The van der Waals surface area contributed by atoms with Crippen LogP contribution < -0.4 is 10.6 Å². The summed E-state index contributed by atoms with van der Waals surface area (Å²) in [4.78, 5) is 11.2. The molecule has 1 unspecified atom stereocenters. The number of nitrogens with one attached hydrogen (secondary N) is 2. The molecule has 3 nitrogen and oxygen atoms in total. The first kappa shape index (κ1) is 14.5. The first-order chi connectivity index (χ1) is 8.43. The molecule has 0 heterocycles. The lowest BCUT2D eigenvalue weighted by Gasteiger charge is -2.21. The molecular formula is C12H15F3N2O. The highest BCUT2D eigenvalue weighted by Gasteiger charge is 2.40. The predicted molar refractivity (Wildman–Crippen MR) is 62.1 cm³/mol. The summed E-state index contributed by atoms with van der Waals surface area (Å²) < 4.78 is 38.3. The normalized spacial score (nSPS) is 13.1. The summed E-state index contributed by atoms with van der Waals surface area (Å²) in [5.41, 5.74) is 0.532. The quantitative estimate of drug-likeness (QED) is 0.842. The van der Waals surface area contributed by atoms with Gasteiger partial charge in [-0.15, -0.1) is 0 Å². The van der Waals surface area contributed by atoms with Crippen LogP contribution >= 0.6 is 0 Å². The molecule has 1 aromatic carbocycles. The van der Waals surface area contributed by atoms with Gasteiger partial charge in [0.1, 0.15) is 6.04 Å². The van der Waals surface area contributed by atoms with Gasteiger partial charge in [0.15, 0.2) is 0 Å². The average molecular weight is 260 g/mol. The van der Waals surface area contributed by atoms with Gasteiger partial charge in [-0.3, -0.25) is 4.79 Å². The molecule has 0 aromatic heterocycles. The summed E-state index contributed by atoms with van der Waals surface area (Å²) in [6.07, 6.45) is -4.72. The smallest absolute Gasteiger partial charge is 0.343 e. The Labute approximate surface area is 103 Å². The van der Waals surface area contributed by atoms with Gasteiger partial charge in [-0.05, 0) is 12.6 Å². The molecule has 0 aliphatic heterocycles. The molecule has 2 N–H and O–H groups in total. The van der Waals surface area contributed by atoms with Gasteiger partial charge in [0.05, 0.1) is 6.54 Å². The number of hydrogen-bond donors (Lipinski definition) is 2. The van der Waals surface area contributed by atoms with Crippen molar-refractivity contribution in [2.24, 2.45) is 0 Å². The number of hydrogen-bond acceptors (Lipinski definition) is 2. The second kappa shape index (κ2) is 6.39. The van der Waals surface area contributed by atoms with E-state index >= 15 is 0 Å². The molecule has 100 valence electrons. The van der Waals surface area contributed by atoms with Crippen molar-refractivity contribution in [2.75, 3.05) is 13.6 Å². The SMILES string of the molecule is CNCC(=O)NC(Cc1ccccc1)C(F)(F)F. The summed E-state index contributed by atoms with van der Waals surface area (Å²) in [6, 6.07) is 6.40. The third-order valence-electron chi connectivity index (χ3n) is 2.35. The molecule has 0 radical (unpaired) electrons. The molecule has 1 aromatic rings. The van der Waals surface area contributed by atoms with E-state index in [1.54, 1.807) is 30.3 Å². The number of carbonyl (C=O) groups is 1. The monoisotopic (exact) mass is 260 g/mol. The van der Waals surface area contributed by atoms with E-state index in [4.69, 9.17) is 0 Å². The lowest BCUT2D eigenvalue weighted by atomic mass is 10.1. The topological polar surface area (TPSA) is 41.1 Å². The van der Waals surface area contributed by atoms with Crippen LogP contribution in [0.4, 0.5) is 13.2 Å². The van der Waals surface area contributed by atoms with Gasteiger partial charge in [0.2, 0.25) is 5.91 Å². The van der Waals surface area contributed by atoms with Crippen molar-refractivity contribution in [1.29, 1.82) is 0 Å². The van der Waals surface area contributed by atoms with Crippen molar-refractivity contribution in [1.82, 2.24) is 10.6 Å². The van der Waals surface area contributed by atoms with Gasteiger partial charge in [-0.2, -0.15) is 13.2 Å². The third-order valence-corrected chi connectivity index (χ3v) is 2.35. The van der Waals surface area contributed by atoms with Gasteiger partial charge < -0.3 is 10.6 Å². The summed E-state index contributed by atoms with van der Waals surface area (Å²) in [5.74, 6) is -0.671. The zero-order valence-electron chi connectivity index (χ0n) is 9.92.